The predicted octanol–water partition coefficient (Wildman–Crippen LogP) is 2.98. The van der Waals surface area contributed by atoms with Gasteiger partial charge in [-0.3, -0.25) is 0 Å². The second kappa shape index (κ2) is 7.88. The van der Waals surface area contributed by atoms with Gasteiger partial charge in [-0.25, -0.2) is 18.1 Å². The fraction of sp³-hybridized carbons (Fsp3) is 0.316. The SMILES string of the molecule is CCCn1cc(CCNS(=O)(=O)c2cccc(OC)c2)c2cccnc21. The van der Waals surface area contributed by atoms with Crippen LogP contribution >= 0.6 is 0 Å². The van der Waals surface area contributed by atoms with Crippen LogP contribution in [-0.4, -0.2) is 31.6 Å². The Hall–Kier alpha value is -2.38. The maximum Gasteiger partial charge on any atom is 0.240 e. The van der Waals surface area contributed by atoms with E-state index in [0.29, 0.717) is 18.7 Å². The van der Waals surface area contributed by atoms with Gasteiger partial charge in [0.2, 0.25) is 10.0 Å². The number of benzene rings is 1. The van der Waals surface area contributed by atoms with E-state index in [-0.39, 0.29) is 4.90 Å². The number of fused-ring (bicyclic) bond motifs is 1. The molecule has 7 heteroatoms. The summed E-state index contributed by atoms with van der Waals surface area (Å²) in [7, 11) is -2.06. The summed E-state index contributed by atoms with van der Waals surface area (Å²) >= 11 is 0. The molecule has 0 fully saturated rings. The molecule has 6 nitrogen and oxygen atoms in total. The molecule has 0 aliphatic carbocycles. The first-order valence-corrected chi connectivity index (χ1v) is 10.1. The Balaban J connectivity index is 1.74. The molecule has 0 radical (unpaired) electrons. The predicted molar refractivity (Wildman–Crippen MR) is 102 cm³/mol. The van der Waals surface area contributed by atoms with Crippen LogP contribution in [0.5, 0.6) is 5.75 Å². The molecule has 0 saturated carbocycles. The molecule has 0 bridgehead atoms. The van der Waals surface area contributed by atoms with Gasteiger partial charge in [-0.05, 0) is 42.7 Å². The van der Waals surface area contributed by atoms with Crippen LogP contribution in [-0.2, 0) is 23.0 Å². The summed E-state index contributed by atoms with van der Waals surface area (Å²) < 4.78 is 34.8. The molecule has 3 rings (SSSR count). The van der Waals surface area contributed by atoms with Crippen LogP contribution in [0.2, 0.25) is 0 Å². The monoisotopic (exact) mass is 373 g/mol. The van der Waals surface area contributed by atoms with Crippen molar-refractivity contribution in [3.05, 3.63) is 54.4 Å². The number of nitrogens with one attached hydrogen (secondary N) is 1. The lowest BCUT2D eigenvalue weighted by atomic mass is 10.2. The van der Waals surface area contributed by atoms with Gasteiger partial charge in [0.15, 0.2) is 0 Å². The van der Waals surface area contributed by atoms with Crippen molar-refractivity contribution in [2.24, 2.45) is 0 Å². The molecule has 2 heterocycles. The number of aryl methyl sites for hydroxylation is 1. The smallest absolute Gasteiger partial charge is 0.240 e. The van der Waals surface area contributed by atoms with E-state index in [2.05, 4.69) is 27.4 Å². The molecule has 2 aromatic heterocycles. The van der Waals surface area contributed by atoms with Crippen LogP contribution in [0.1, 0.15) is 18.9 Å². The van der Waals surface area contributed by atoms with Crippen LogP contribution in [0.15, 0.2) is 53.7 Å². The normalized spacial score (nSPS) is 11.8. The zero-order valence-electron chi connectivity index (χ0n) is 15.0. The summed E-state index contributed by atoms with van der Waals surface area (Å²) in [6, 6.07) is 10.4. The Kier molecular flexibility index (Phi) is 5.58. The molecule has 1 aromatic carbocycles. The number of sulfonamides is 1. The highest BCUT2D eigenvalue weighted by molar-refractivity contribution is 7.89. The van der Waals surface area contributed by atoms with Gasteiger partial charge in [-0.15, -0.1) is 0 Å². The highest BCUT2D eigenvalue weighted by Gasteiger charge is 2.15. The minimum atomic E-state index is -3.57. The van der Waals surface area contributed by atoms with E-state index in [9.17, 15) is 8.42 Å². The van der Waals surface area contributed by atoms with E-state index in [1.54, 1.807) is 24.4 Å². The third kappa shape index (κ3) is 3.89. The summed E-state index contributed by atoms with van der Waals surface area (Å²) in [6.45, 7) is 3.33. The molecule has 26 heavy (non-hydrogen) atoms. The number of pyridine rings is 1. The molecule has 0 atom stereocenters. The van der Waals surface area contributed by atoms with Gasteiger partial charge in [0.1, 0.15) is 11.4 Å². The quantitative estimate of drug-likeness (QED) is 0.659. The molecule has 1 N–H and O–H groups in total. The lowest BCUT2D eigenvalue weighted by Gasteiger charge is -2.08. The molecule has 0 aliphatic rings. The van der Waals surface area contributed by atoms with Crippen LogP contribution < -0.4 is 9.46 Å². The molecule has 3 aromatic rings. The number of nitrogens with zero attached hydrogens (tertiary/aromatic N) is 2. The minimum absolute atomic E-state index is 0.201. The van der Waals surface area contributed by atoms with E-state index < -0.39 is 10.0 Å². The van der Waals surface area contributed by atoms with E-state index >= 15 is 0 Å². The van der Waals surface area contributed by atoms with Crippen molar-refractivity contribution in [2.75, 3.05) is 13.7 Å². The van der Waals surface area contributed by atoms with E-state index in [1.807, 2.05) is 12.1 Å². The lowest BCUT2D eigenvalue weighted by Crippen LogP contribution is -2.26. The Morgan fingerprint density at radius 1 is 1.23 bits per heavy atom. The summed E-state index contributed by atoms with van der Waals surface area (Å²) in [5.41, 5.74) is 2.04. The van der Waals surface area contributed by atoms with Crippen molar-refractivity contribution in [3.8, 4) is 5.75 Å². The summed E-state index contributed by atoms with van der Waals surface area (Å²) in [5.74, 6) is 0.515. The van der Waals surface area contributed by atoms with Gasteiger partial charge < -0.3 is 9.30 Å². The average molecular weight is 373 g/mol. The van der Waals surface area contributed by atoms with Crippen LogP contribution in [0.3, 0.4) is 0 Å². The van der Waals surface area contributed by atoms with Crippen molar-refractivity contribution in [3.63, 3.8) is 0 Å². The van der Waals surface area contributed by atoms with E-state index in [0.717, 1.165) is 29.6 Å². The number of rotatable bonds is 8. The summed E-state index contributed by atoms with van der Waals surface area (Å²) in [4.78, 5) is 4.66. The topological polar surface area (TPSA) is 73.2 Å². The fourth-order valence-electron chi connectivity index (χ4n) is 2.98. The lowest BCUT2D eigenvalue weighted by molar-refractivity contribution is 0.413. The summed E-state index contributed by atoms with van der Waals surface area (Å²) in [5, 5.41) is 1.07. The number of hydrogen-bond donors (Lipinski definition) is 1. The largest absolute Gasteiger partial charge is 0.497 e. The second-order valence-corrected chi connectivity index (χ2v) is 7.82. The van der Waals surface area contributed by atoms with Crippen LogP contribution in [0, 0.1) is 0 Å². The van der Waals surface area contributed by atoms with Gasteiger partial charge >= 0.3 is 0 Å². The van der Waals surface area contributed by atoms with Crippen molar-refractivity contribution in [2.45, 2.75) is 31.2 Å². The first kappa shape index (κ1) is 18.4. The maximum absolute atomic E-state index is 12.5. The third-order valence-corrected chi connectivity index (χ3v) is 5.68. The van der Waals surface area contributed by atoms with E-state index in [1.165, 1.54) is 13.2 Å². The van der Waals surface area contributed by atoms with Gasteiger partial charge in [-0.1, -0.05) is 13.0 Å². The number of ether oxygens (including phenoxy) is 1. The molecule has 0 amide bonds. The van der Waals surface area contributed by atoms with Gasteiger partial charge in [0, 0.05) is 36.9 Å². The zero-order valence-corrected chi connectivity index (χ0v) is 15.8. The van der Waals surface area contributed by atoms with E-state index in [4.69, 9.17) is 4.74 Å². The van der Waals surface area contributed by atoms with Gasteiger partial charge in [-0.2, -0.15) is 0 Å². The van der Waals surface area contributed by atoms with Crippen molar-refractivity contribution in [1.82, 2.24) is 14.3 Å². The van der Waals surface area contributed by atoms with Gasteiger partial charge in [0.25, 0.3) is 0 Å². The van der Waals surface area contributed by atoms with Crippen LogP contribution in [0.4, 0.5) is 0 Å². The number of hydrogen-bond acceptors (Lipinski definition) is 4. The Morgan fingerprint density at radius 2 is 2.08 bits per heavy atom. The van der Waals surface area contributed by atoms with Gasteiger partial charge in [0.05, 0.1) is 12.0 Å². The molecule has 0 spiro atoms. The van der Waals surface area contributed by atoms with Crippen molar-refractivity contribution < 1.29 is 13.2 Å². The molecule has 0 aliphatic heterocycles. The first-order valence-electron chi connectivity index (χ1n) is 8.61. The Labute approximate surface area is 153 Å². The minimum Gasteiger partial charge on any atom is -0.497 e. The summed E-state index contributed by atoms with van der Waals surface area (Å²) in [6.07, 6.45) is 5.47. The highest BCUT2D eigenvalue weighted by Crippen LogP contribution is 2.21. The van der Waals surface area contributed by atoms with Crippen LogP contribution in [0.25, 0.3) is 11.0 Å². The highest BCUT2D eigenvalue weighted by atomic mass is 32.2. The molecular formula is C19H23N3O3S. The second-order valence-electron chi connectivity index (χ2n) is 6.05. The Morgan fingerprint density at radius 3 is 2.85 bits per heavy atom. The Bertz CT molecular complexity index is 996. The average Bonchev–Trinajstić information content (AvgIpc) is 3.00. The van der Waals surface area contributed by atoms with Crippen molar-refractivity contribution >= 4 is 21.1 Å². The third-order valence-electron chi connectivity index (χ3n) is 4.22. The maximum atomic E-state index is 12.5. The molecular weight excluding hydrogens is 350 g/mol. The molecule has 138 valence electrons. The zero-order chi connectivity index (χ0) is 18.6. The standard InChI is InChI=1S/C19H23N3O3S/c1-3-12-22-14-15(18-8-5-10-20-19(18)22)9-11-21-26(23,24)17-7-4-6-16(13-17)25-2/h4-8,10,13-14,21H,3,9,11-12H2,1-2H3. The molecule has 0 unspecified atom stereocenters. The number of methoxy groups -OCH3 is 1. The molecule has 0 saturated heterocycles. The van der Waals surface area contributed by atoms with Crippen molar-refractivity contribution in [1.29, 1.82) is 0 Å². The first-order chi connectivity index (χ1) is 12.5. The number of aromatic nitrogens is 2. The fourth-order valence-corrected chi connectivity index (χ4v) is 4.04.